The number of carbonyl (C=O) groups excluding carboxylic acids is 4. The fourth-order valence-corrected chi connectivity index (χ4v) is 7.20. The minimum atomic E-state index is -1.18. The van der Waals surface area contributed by atoms with Gasteiger partial charge < -0.3 is 41.2 Å². The molecule has 4 atom stereocenters. The number of aliphatic hydroxyl groups excluding tert-OH is 1. The molecular formula is C40H61N9O9. The second-order valence-electron chi connectivity index (χ2n) is 15.3. The van der Waals surface area contributed by atoms with Crippen molar-refractivity contribution >= 4 is 40.4 Å². The van der Waals surface area contributed by atoms with E-state index in [1.54, 1.807) is 10.3 Å². The Morgan fingerprint density at radius 1 is 0.914 bits per heavy atom. The number of nitrogens with zero attached hydrogens (tertiary/aromatic N) is 4. The van der Waals surface area contributed by atoms with Crippen molar-refractivity contribution in [3.8, 4) is 0 Å². The Labute approximate surface area is 339 Å². The van der Waals surface area contributed by atoms with Crippen molar-refractivity contribution in [1.82, 2.24) is 31.2 Å². The first-order valence-electron chi connectivity index (χ1n) is 20.3. The minimum absolute atomic E-state index is 0.0169. The van der Waals surface area contributed by atoms with Gasteiger partial charge in [-0.15, -0.1) is 0 Å². The summed E-state index contributed by atoms with van der Waals surface area (Å²) in [7, 11) is 0. The predicted octanol–water partition coefficient (Wildman–Crippen LogP) is 0.586. The number of aliphatic imine (C=N–C) groups is 1. The molecule has 320 valence electrons. The van der Waals surface area contributed by atoms with Crippen LogP contribution in [0.15, 0.2) is 47.5 Å². The molecule has 2 aromatic carbocycles. The van der Waals surface area contributed by atoms with Gasteiger partial charge in [0.2, 0.25) is 23.6 Å². The Morgan fingerprint density at radius 3 is 2.31 bits per heavy atom. The van der Waals surface area contributed by atoms with E-state index in [2.05, 4.69) is 25.8 Å². The number of carbonyl (C=O) groups is 4. The summed E-state index contributed by atoms with van der Waals surface area (Å²) in [5, 5.41) is 32.0. The molecule has 2 heterocycles. The van der Waals surface area contributed by atoms with Gasteiger partial charge in [-0.25, -0.2) is 15.1 Å². The average molecular weight is 812 g/mol. The Bertz CT molecular complexity index is 1680. The van der Waals surface area contributed by atoms with Crippen molar-refractivity contribution in [1.29, 1.82) is 0 Å². The van der Waals surface area contributed by atoms with E-state index in [1.807, 2.05) is 56.3 Å². The molecule has 4 amide bonds. The maximum Gasteiger partial charge on any atom is 0.251 e. The van der Waals surface area contributed by atoms with Crippen LogP contribution < -0.4 is 27.1 Å². The molecule has 0 bridgehead atoms. The van der Waals surface area contributed by atoms with E-state index in [-0.39, 0.29) is 56.0 Å². The molecule has 2 aliphatic rings. The van der Waals surface area contributed by atoms with Crippen LogP contribution in [-0.2, 0) is 35.1 Å². The van der Waals surface area contributed by atoms with Gasteiger partial charge in [0, 0.05) is 52.2 Å². The molecule has 2 fully saturated rings. The van der Waals surface area contributed by atoms with Crippen LogP contribution in [0.25, 0.3) is 10.8 Å². The molecule has 4 rings (SSSR count). The first-order valence-corrected chi connectivity index (χ1v) is 20.3. The summed E-state index contributed by atoms with van der Waals surface area (Å²) in [6, 6.07) is 13.0. The van der Waals surface area contributed by atoms with Crippen LogP contribution in [-0.4, -0.2) is 140 Å². The highest BCUT2D eigenvalue weighted by Gasteiger charge is 2.30. The van der Waals surface area contributed by atoms with Crippen molar-refractivity contribution in [3.63, 3.8) is 0 Å². The molecule has 4 unspecified atom stereocenters. The SMILES string of the molecule is CC(C)CC(NC(=O)C(CCCNC(=O)C(CC(=O)N1CCOCC1)Cc1cccc2ccccc12)CN=C(N)N[N+](=O)[O-])C(O)CC(=O)NCCN1CCOCC1. The van der Waals surface area contributed by atoms with Gasteiger partial charge >= 0.3 is 0 Å². The van der Waals surface area contributed by atoms with Crippen molar-refractivity contribution in [2.75, 3.05) is 78.8 Å². The largest absolute Gasteiger partial charge is 0.390 e. The van der Waals surface area contributed by atoms with Crippen molar-refractivity contribution in [3.05, 3.63) is 58.1 Å². The Kier molecular flexibility index (Phi) is 19.0. The summed E-state index contributed by atoms with van der Waals surface area (Å²) in [5.74, 6) is -3.16. The highest BCUT2D eigenvalue weighted by Crippen LogP contribution is 2.24. The van der Waals surface area contributed by atoms with Gasteiger partial charge in [0.05, 0.1) is 63.4 Å². The van der Waals surface area contributed by atoms with Crippen LogP contribution in [0.5, 0.6) is 0 Å². The maximum atomic E-state index is 13.8. The van der Waals surface area contributed by atoms with Crippen LogP contribution in [0.1, 0.15) is 51.5 Å². The van der Waals surface area contributed by atoms with Gasteiger partial charge in [-0.05, 0) is 47.9 Å². The first kappa shape index (κ1) is 45.8. The number of rotatable bonds is 22. The van der Waals surface area contributed by atoms with E-state index in [0.29, 0.717) is 71.9 Å². The van der Waals surface area contributed by atoms with Crippen LogP contribution in [0.3, 0.4) is 0 Å². The number of nitro groups is 1. The topological polar surface area (TPSA) is 243 Å². The standard InChI is InChI=1S/C40H61N9O9/c1-28(2)23-34(35(50)26-36(51)42-13-14-47-15-19-57-20-16-47)45-39(54)31(27-44-40(41)46-49(55)56)10-6-12-43-38(53)32(25-37(52)48-17-21-58-22-18-48)24-30-9-5-8-29-7-3-4-11-33(29)30/h3-5,7-9,11,28,31-32,34-35,50H,6,10,12-27H2,1-2H3,(H,42,51)(H,43,53)(H,45,54)(H3,41,44,46). The second-order valence-corrected chi connectivity index (χ2v) is 15.3. The lowest BCUT2D eigenvalue weighted by molar-refractivity contribution is -0.525. The molecule has 0 spiro atoms. The Hall–Kier alpha value is -4.91. The maximum absolute atomic E-state index is 13.8. The summed E-state index contributed by atoms with van der Waals surface area (Å²) < 4.78 is 10.8. The fourth-order valence-electron chi connectivity index (χ4n) is 7.20. The number of hydrazine groups is 1. The van der Waals surface area contributed by atoms with Crippen LogP contribution in [0.2, 0.25) is 0 Å². The quantitative estimate of drug-likeness (QED) is 0.0315. The third-order valence-electron chi connectivity index (χ3n) is 10.4. The van der Waals surface area contributed by atoms with Crippen LogP contribution in [0, 0.1) is 27.9 Å². The molecule has 2 aromatic rings. The number of morpholine rings is 2. The van der Waals surface area contributed by atoms with Gasteiger partial charge in [0.1, 0.15) is 0 Å². The van der Waals surface area contributed by atoms with Gasteiger partial charge in [0.25, 0.3) is 5.96 Å². The average Bonchev–Trinajstić information content (AvgIpc) is 3.20. The summed E-state index contributed by atoms with van der Waals surface area (Å²) in [5.41, 5.74) is 8.40. The van der Waals surface area contributed by atoms with Gasteiger partial charge in [-0.3, -0.25) is 24.1 Å². The van der Waals surface area contributed by atoms with Crippen molar-refractivity contribution < 1.29 is 38.8 Å². The molecule has 18 heteroatoms. The third-order valence-corrected chi connectivity index (χ3v) is 10.4. The number of amides is 4. The number of hydrogen-bond acceptors (Lipinski definition) is 11. The molecule has 0 saturated carbocycles. The summed E-state index contributed by atoms with van der Waals surface area (Å²) in [4.78, 5) is 72.5. The van der Waals surface area contributed by atoms with Gasteiger partial charge in [-0.2, -0.15) is 0 Å². The molecule has 0 radical (unpaired) electrons. The smallest absolute Gasteiger partial charge is 0.251 e. The number of ether oxygens (including phenoxy) is 2. The van der Waals surface area contributed by atoms with Crippen LogP contribution in [0.4, 0.5) is 0 Å². The zero-order valence-electron chi connectivity index (χ0n) is 33.7. The van der Waals surface area contributed by atoms with E-state index in [0.717, 1.165) is 29.4 Å². The third kappa shape index (κ3) is 15.8. The Morgan fingerprint density at radius 2 is 1.60 bits per heavy atom. The predicted molar refractivity (Wildman–Crippen MR) is 218 cm³/mol. The lowest BCUT2D eigenvalue weighted by Gasteiger charge is -2.28. The summed E-state index contributed by atoms with van der Waals surface area (Å²) >= 11 is 0. The monoisotopic (exact) mass is 811 g/mol. The lowest BCUT2D eigenvalue weighted by Crippen LogP contribution is -2.49. The minimum Gasteiger partial charge on any atom is -0.390 e. The molecule has 58 heavy (non-hydrogen) atoms. The molecule has 0 aliphatic carbocycles. The highest BCUT2D eigenvalue weighted by atomic mass is 16.7. The normalized spacial score (nSPS) is 17.2. The van der Waals surface area contributed by atoms with Gasteiger partial charge in [-0.1, -0.05) is 61.7 Å². The zero-order valence-corrected chi connectivity index (χ0v) is 33.7. The molecule has 7 N–H and O–H groups in total. The molecule has 2 aliphatic heterocycles. The van der Waals surface area contributed by atoms with Crippen molar-refractivity contribution in [2.45, 2.75) is 64.5 Å². The molecular weight excluding hydrogens is 750 g/mol. The number of guanidine groups is 1. The molecule has 0 aromatic heterocycles. The van der Waals surface area contributed by atoms with Crippen molar-refractivity contribution in [2.24, 2.45) is 28.5 Å². The van der Waals surface area contributed by atoms with E-state index >= 15 is 0 Å². The second kappa shape index (κ2) is 24.1. The van der Waals surface area contributed by atoms with E-state index < -0.39 is 40.9 Å². The van der Waals surface area contributed by atoms with Crippen LogP contribution >= 0.6 is 0 Å². The van der Waals surface area contributed by atoms with E-state index in [9.17, 15) is 34.4 Å². The highest BCUT2D eigenvalue weighted by molar-refractivity contribution is 5.89. The number of aliphatic hydroxyl groups is 1. The lowest BCUT2D eigenvalue weighted by atomic mass is 9.91. The van der Waals surface area contributed by atoms with E-state index in [1.165, 1.54) is 0 Å². The number of fused-ring (bicyclic) bond motifs is 1. The Balaban J connectivity index is 1.39. The van der Waals surface area contributed by atoms with Gasteiger partial charge in [0.15, 0.2) is 5.03 Å². The summed E-state index contributed by atoms with van der Waals surface area (Å²) in [6.07, 6.45) is -0.133. The zero-order chi connectivity index (χ0) is 41.9. The number of hydrogen-bond donors (Lipinski definition) is 6. The molecule has 18 nitrogen and oxygen atoms in total. The number of benzene rings is 2. The number of nitrogens with two attached hydrogens (primary N) is 1. The molecule has 2 saturated heterocycles. The number of nitrogens with one attached hydrogen (secondary N) is 4. The first-order chi connectivity index (χ1) is 27.9. The fraction of sp³-hybridized carbons (Fsp3) is 0.625. The van der Waals surface area contributed by atoms with E-state index in [4.69, 9.17) is 15.2 Å². The summed E-state index contributed by atoms with van der Waals surface area (Å²) in [6.45, 7) is 9.59.